The van der Waals surface area contributed by atoms with Crippen LogP contribution in [-0.4, -0.2) is 32.3 Å². The minimum atomic E-state index is -0.429. The first-order valence-electron chi connectivity index (χ1n) is 5.40. The lowest BCUT2D eigenvalue weighted by molar-refractivity contribution is -0.127. The Morgan fingerprint density at radius 2 is 2.35 bits per heavy atom. The fourth-order valence-electron chi connectivity index (χ4n) is 1.10. The van der Waals surface area contributed by atoms with E-state index in [2.05, 4.69) is 10.8 Å². The van der Waals surface area contributed by atoms with Crippen LogP contribution in [0.1, 0.15) is 12.7 Å². The molecule has 0 radical (unpaired) electrons. The number of rotatable bonds is 8. The van der Waals surface area contributed by atoms with Crippen LogP contribution >= 0.6 is 0 Å². The molecule has 0 saturated heterocycles. The van der Waals surface area contributed by atoms with Crippen molar-refractivity contribution in [3.8, 4) is 0 Å². The molecule has 0 aliphatic carbocycles. The second-order valence-corrected chi connectivity index (χ2v) is 3.48. The van der Waals surface area contributed by atoms with Gasteiger partial charge in [0.2, 0.25) is 5.91 Å². The van der Waals surface area contributed by atoms with E-state index in [-0.39, 0.29) is 5.91 Å². The van der Waals surface area contributed by atoms with Crippen LogP contribution in [0.4, 0.5) is 0 Å². The molecule has 17 heavy (non-hydrogen) atoms. The highest BCUT2D eigenvalue weighted by molar-refractivity contribution is 5.80. The predicted octanol–water partition coefficient (Wildman–Crippen LogP) is 0.452. The monoisotopic (exact) mass is 242 g/mol. The number of amides is 1. The molecule has 0 spiro atoms. The zero-order valence-electron chi connectivity index (χ0n) is 10.1. The third kappa shape index (κ3) is 5.48. The SMILES string of the molecule is COCCONC(C)C(=O)NCc1ccco1. The first-order chi connectivity index (χ1) is 8.24. The van der Waals surface area contributed by atoms with Crippen molar-refractivity contribution < 1.29 is 18.8 Å². The number of hydroxylamine groups is 1. The molecule has 0 fully saturated rings. The van der Waals surface area contributed by atoms with Gasteiger partial charge in [-0.3, -0.25) is 9.63 Å². The van der Waals surface area contributed by atoms with Crippen LogP contribution in [0, 0.1) is 0 Å². The van der Waals surface area contributed by atoms with Gasteiger partial charge in [0.05, 0.1) is 26.0 Å². The predicted molar refractivity (Wildman–Crippen MR) is 61.0 cm³/mol. The normalized spacial score (nSPS) is 12.4. The molecule has 1 aromatic heterocycles. The number of methoxy groups -OCH3 is 1. The number of carbonyl (C=O) groups is 1. The van der Waals surface area contributed by atoms with Crippen molar-refractivity contribution in [3.63, 3.8) is 0 Å². The summed E-state index contributed by atoms with van der Waals surface area (Å²) < 4.78 is 9.90. The maximum atomic E-state index is 11.6. The van der Waals surface area contributed by atoms with Gasteiger partial charge in [-0.25, -0.2) is 0 Å². The maximum Gasteiger partial charge on any atom is 0.239 e. The number of hydrogen-bond donors (Lipinski definition) is 2. The van der Waals surface area contributed by atoms with Crippen molar-refractivity contribution in [1.82, 2.24) is 10.8 Å². The topological polar surface area (TPSA) is 72.7 Å². The van der Waals surface area contributed by atoms with Crippen LogP contribution in [-0.2, 0) is 20.9 Å². The Bertz CT molecular complexity index is 313. The van der Waals surface area contributed by atoms with E-state index >= 15 is 0 Å². The Kier molecular flexibility index (Phi) is 6.31. The summed E-state index contributed by atoms with van der Waals surface area (Å²) >= 11 is 0. The Morgan fingerprint density at radius 3 is 3.00 bits per heavy atom. The van der Waals surface area contributed by atoms with Crippen molar-refractivity contribution in [3.05, 3.63) is 24.2 Å². The van der Waals surface area contributed by atoms with Gasteiger partial charge in [0.25, 0.3) is 0 Å². The summed E-state index contributed by atoms with van der Waals surface area (Å²) in [6.07, 6.45) is 1.57. The summed E-state index contributed by atoms with van der Waals surface area (Å²) in [5.74, 6) is 0.560. The fourth-order valence-corrected chi connectivity index (χ4v) is 1.10. The van der Waals surface area contributed by atoms with E-state index in [1.54, 1.807) is 32.4 Å². The molecule has 0 aliphatic rings. The van der Waals surface area contributed by atoms with E-state index in [1.165, 1.54) is 0 Å². The summed E-state index contributed by atoms with van der Waals surface area (Å²) in [6, 6.07) is 3.15. The van der Waals surface area contributed by atoms with Crippen LogP contribution in [0.25, 0.3) is 0 Å². The third-order valence-corrected chi connectivity index (χ3v) is 2.06. The largest absolute Gasteiger partial charge is 0.467 e. The Balaban J connectivity index is 2.13. The highest BCUT2D eigenvalue weighted by Crippen LogP contribution is 1.98. The van der Waals surface area contributed by atoms with E-state index in [1.807, 2.05) is 0 Å². The average molecular weight is 242 g/mol. The molecule has 0 bridgehead atoms. The lowest BCUT2D eigenvalue weighted by Crippen LogP contribution is -2.42. The van der Waals surface area contributed by atoms with Gasteiger partial charge < -0.3 is 14.5 Å². The van der Waals surface area contributed by atoms with Gasteiger partial charge >= 0.3 is 0 Å². The van der Waals surface area contributed by atoms with Gasteiger partial charge in [-0.15, -0.1) is 0 Å². The summed E-state index contributed by atoms with van der Waals surface area (Å²) in [4.78, 5) is 16.6. The number of ether oxygens (including phenoxy) is 1. The molecule has 6 nitrogen and oxygen atoms in total. The molecule has 0 aliphatic heterocycles. The zero-order valence-corrected chi connectivity index (χ0v) is 10.1. The third-order valence-electron chi connectivity index (χ3n) is 2.06. The minimum absolute atomic E-state index is 0.154. The van der Waals surface area contributed by atoms with Crippen molar-refractivity contribution in [2.24, 2.45) is 0 Å². The maximum absolute atomic E-state index is 11.6. The molecule has 2 N–H and O–H groups in total. The smallest absolute Gasteiger partial charge is 0.239 e. The Hall–Kier alpha value is -1.37. The fraction of sp³-hybridized carbons (Fsp3) is 0.545. The summed E-state index contributed by atoms with van der Waals surface area (Å²) in [5.41, 5.74) is 2.62. The lowest BCUT2D eigenvalue weighted by atomic mass is 10.3. The van der Waals surface area contributed by atoms with Gasteiger partial charge in [0.1, 0.15) is 11.8 Å². The van der Waals surface area contributed by atoms with Crippen LogP contribution in [0.5, 0.6) is 0 Å². The standard InChI is InChI=1S/C11H18N2O4/c1-9(13-17-7-6-15-2)11(14)12-8-10-4-3-5-16-10/h3-5,9,13H,6-8H2,1-2H3,(H,12,14). The van der Waals surface area contributed by atoms with Crippen molar-refractivity contribution in [2.45, 2.75) is 19.5 Å². The summed E-state index contributed by atoms with van der Waals surface area (Å²) in [7, 11) is 1.59. The Labute approximate surface area is 100 Å². The molecular formula is C11H18N2O4. The highest BCUT2D eigenvalue weighted by Gasteiger charge is 2.12. The highest BCUT2D eigenvalue weighted by atomic mass is 16.7. The Morgan fingerprint density at radius 1 is 1.53 bits per heavy atom. The molecule has 1 aromatic rings. The van der Waals surface area contributed by atoms with Crippen LogP contribution in [0.15, 0.2) is 22.8 Å². The molecule has 1 unspecified atom stereocenters. The number of nitrogens with one attached hydrogen (secondary N) is 2. The molecule has 0 aromatic carbocycles. The second-order valence-electron chi connectivity index (χ2n) is 3.48. The van der Waals surface area contributed by atoms with Crippen molar-refractivity contribution in [2.75, 3.05) is 20.3 Å². The quantitative estimate of drug-likeness (QED) is 0.511. The van der Waals surface area contributed by atoms with E-state index < -0.39 is 6.04 Å². The van der Waals surface area contributed by atoms with Gasteiger partial charge in [-0.05, 0) is 19.1 Å². The molecule has 96 valence electrons. The number of carbonyl (C=O) groups excluding carboxylic acids is 1. The first-order valence-corrected chi connectivity index (χ1v) is 5.40. The molecule has 0 saturated carbocycles. The molecule has 1 atom stereocenters. The van der Waals surface area contributed by atoms with Crippen LogP contribution in [0.3, 0.4) is 0 Å². The number of furan rings is 1. The van der Waals surface area contributed by atoms with Gasteiger partial charge in [-0.2, -0.15) is 5.48 Å². The lowest BCUT2D eigenvalue weighted by Gasteiger charge is -2.13. The average Bonchev–Trinajstić information content (AvgIpc) is 2.84. The number of hydrogen-bond acceptors (Lipinski definition) is 5. The van der Waals surface area contributed by atoms with Crippen LogP contribution in [0.2, 0.25) is 0 Å². The van der Waals surface area contributed by atoms with Gasteiger partial charge in [0, 0.05) is 7.11 Å². The molecule has 1 heterocycles. The second kappa shape index (κ2) is 7.83. The summed E-state index contributed by atoms with van der Waals surface area (Å²) in [5, 5.41) is 2.72. The van der Waals surface area contributed by atoms with E-state index in [0.717, 1.165) is 0 Å². The van der Waals surface area contributed by atoms with E-state index in [0.29, 0.717) is 25.5 Å². The van der Waals surface area contributed by atoms with Gasteiger partial charge in [0.15, 0.2) is 0 Å². The summed E-state index contributed by atoms with van der Waals surface area (Å²) in [6.45, 7) is 2.96. The van der Waals surface area contributed by atoms with Gasteiger partial charge in [-0.1, -0.05) is 0 Å². The molecular weight excluding hydrogens is 224 g/mol. The van der Waals surface area contributed by atoms with Crippen molar-refractivity contribution in [1.29, 1.82) is 0 Å². The van der Waals surface area contributed by atoms with Crippen LogP contribution < -0.4 is 10.8 Å². The van der Waals surface area contributed by atoms with Crippen molar-refractivity contribution >= 4 is 5.91 Å². The minimum Gasteiger partial charge on any atom is -0.467 e. The zero-order chi connectivity index (χ0) is 12.5. The van der Waals surface area contributed by atoms with E-state index in [9.17, 15) is 4.79 Å². The van der Waals surface area contributed by atoms with E-state index in [4.69, 9.17) is 14.0 Å². The first kappa shape index (κ1) is 13.7. The molecule has 1 rings (SSSR count). The molecule has 6 heteroatoms. The molecule has 1 amide bonds.